The second-order valence-electron chi connectivity index (χ2n) is 8.37. The van der Waals surface area contributed by atoms with E-state index in [0.717, 1.165) is 63.0 Å². The predicted molar refractivity (Wildman–Crippen MR) is 125 cm³/mol. The monoisotopic (exact) mass is 441 g/mol. The van der Waals surface area contributed by atoms with Crippen LogP contribution in [0.25, 0.3) is 11.0 Å². The summed E-state index contributed by atoms with van der Waals surface area (Å²) in [4.78, 5) is 13.7. The molecule has 0 bridgehead atoms. The molecule has 0 saturated heterocycles. The van der Waals surface area contributed by atoms with E-state index in [4.69, 9.17) is 15.6 Å². The molecule has 0 saturated carbocycles. The van der Waals surface area contributed by atoms with Gasteiger partial charge in [0, 0.05) is 35.5 Å². The molecule has 8 nitrogen and oxygen atoms in total. The average Bonchev–Trinajstić information content (AvgIpc) is 2.97. The first kappa shape index (κ1) is 21.8. The number of nitrogens with one attached hydrogen (secondary N) is 1. The van der Waals surface area contributed by atoms with E-state index in [2.05, 4.69) is 34.1 Å². The topological polar surface area (TPSA) is 104 Å². The number of hydrogen-bond donors (Lipinski definition) is 2. The van der Waals surface area contributed by atoms with Gasteiger partial charge in [-0.15, -0.1) is 11.8 Å². The van der Waals surface area contributed by atoms with E-state index in [1.165, 1.54) is 6.42 Å². The van der Waals surface area contributed by atoms with Crippen molar-refractivity contribution < 1.29 is 4.74 Å². The largest absolute Gasteiger partial charge is 0.496 e. The fourth-order valence-corrected chi connectivity index (χ4v) is 5.08. The maximum Gasteiger partial charge on any atom is 0.223 e. The molecule has 1 aliphatic rings. The summed E-state index contributed by atoms with van der Waals surface area (Å²) in [5, 5.41) is 10.6. The quantitative estimate of drug-likeness (QED) is 0.539. The summed E-state index contributed by atoms with van der Waals surface area (Å²) in [7, 11) is 1.69. The normalized spacial score (nSPS) is 17.0. The van der Waals surface area contributed by atoms with E-state index in [1.807, 2.05) is 24.7 Å². The minimum absolute atomic E-state index is 0.278. The van der Waals surface area contributed by atoms with Gasteiger partial charge in [0.2, 0.25) is 5.95 Å². The molecular weight excluding hydrogens is 410 g/mol. The third kappa shape index (κ3) is 4.34. The Kier molecular flexibility index (Phi) is 6.34. The van der Waals surface area contributed by atoms with Crippen molar-refractivity contribution in [2.75, 3.05) is 25.1 Å². The molecular formula is C22H31N7OS. The molecule has 166 valence electrons. The molecule has 4 rings (SSSR count). The molecule has 9 heteroatoms. The lowest BCUT2D eigenvalue weighted by molar-refractivity contribution is 0.406. The van der Waals surface area contributed by atoms with Gasteiger partial charge in [0.15, 0.2) is 5.65 Å². The Morgan fingerprint density at radius 1 is 1.35 bits per heavy atom. The molecule has 31 heavy (non-hydrogen) atoms. The highest BCUT2D eigenvalue weighted by molar-refractivity contribution is 7.99. The highest BCUT2D eigenvalue weighted by Gasteiger charge is 2.26. The summed E-state index contributed by atoms with van der Waals surface area (Å²) >= 11 is 1.73. The Bertz CT molecular complexity index is 1100. The third-order valence-corrected chi connectivity index (χ3v) is 7.15. The zero-order valence-electron chi connectivity index (χ0n) is 18.9. The van der Waals surface area contributed by atoms with E-state index in [1.54, 1.807) is 18.9 Å². The van der Waals surface area contributed by atoms with Gasteiger partial charge in [0.05, 0.1) is 30.4 Å². The van der Waals surface area contributed by atoms with Crippen LogP contribution in [0.5, 0.6) is 5.75 Å². The van der Waals surface area contributed by atoms with Gasteiger partial charge in [0.25, 0.3) is 0 Å². The second kappa shape index (κ2) is 9.00. The van der Waals surface area contributed by atoms with E-state index in [0.29, 0.717) is 18.5 Å². The number of thioether (sulfide) groups is 1. The van der Waals surface area contributed by atoms with E-state index < -0.39 is 0 Å². The maximum atomic E-state index is 6.07. The van der Waals surface area contributed by atoms with Crippen LogP contribution < -0.4 is 15.8 Å². The Morgan fingerprint density at radius 3 is 2.90 bits per heavy atom. The molecule has 3 N–H and O–H groups in total. The Morgan fingerprint density at radius 2 is 2.16 bits per heavy atom. The number of aromatic nitrogens is 5. The molecule has 2 atom stereocenters. The number of aryl methyl sites for hydroxylation is 1. The Hall–Kier alpha value is -2.39. The summed E-state index contributed by atoms with van der Waals surface area (Å²) in [6.07, 6.45) is 3.85. The van der Waals surface area contributed by atoms with E-state index in [9.17, 15) is 0 Å². The zero-order valence-corrected chi connectivity index (χ0v) is 19.7. The molecule has 0 spiro atoms. The van der Waals surface area contributed by atoms with Crippen molar-refractivity contribution in [3.05, 3.63) is 28.7 Å². The highest BCUT2D eigenvalue weighted by atomic mass is 32.2. The van der Waals surface area contributed by atoms with Crippen LogP contribution in [-0.2, 0) is 13.0 Å². The van der Waals surface area contributed by atoms with Gasteiger partial charge in [0.1, 0.15) is 10.8 Å². The standard InChI is InChI=1S/C22H31N7OS/c1-6-12(2)8-24-15-7-16-18-20(26-22(23)27-21(18)31-11-15)29(28-16)10-17-14(4)19(30-5)13(3)9-25-17/h9,12,15,24H,6-8,10-11H2,1-5H3,(H2,23,26,27). The van der Waals surface area contributed by atoms with Gasteiger partial charge in [-0.05, 0) is 26.3 Å². The number of anilines is 1. The van der Waals surface area contributed by atoms with Crippen molar-refractivity contribution >= 4 is 28.7 Å². The van der Waals surface area contributed by atoms with Gasteiger partial charge in [-0.25, -0.2) is 9.67 Å². The summed E-state index contributed by atoms with van der Waals surface area (Å²) in [5.41, 5.74) is 10.8. The van der Waals surface area contributed by atoms with Gasteiger partial charge in [-0.2, -0.15) is 10.1 Å². The molecule has 0 radical (unpaired) electrons. The number of nitrogen functional groups attached to an aromatic ring is 1. The van der Waals surface area contributed by atoms with Crippen molar-refractivity contribution in [1.29, 1.82) is 0 Å². The summed E-state index contributed by atoms with van der Waals surface area (Å²) in [6.45, 7) is 10.0. The van der Waals surface area contributed by atoms with Crippen LogP contribution in [0.15, 0.2) is 11.2 Å². The van der Waals surface area contributed by atoms with Crippen LogP contribution in [0.2, 0.25) is 0 Å². The van der Waals surface area contributed by atoms with Crippen molar-refractivity contribution in [3.63, 3.8) is 0 Å². The SMILES string of the molecule is CCC(C)CNC1CSc2nc(N)nc3c2c(nn3Cc2ncc(C)c(OC)c2C)C1. The molecule has 0 fully saturated rings. The molecule has 1 aliphatic heterocycles. The minimum atomic E-state index is 0.278. The van der Waals surface area contributed by atoms with Crippen LogP contribution in [0.4, 0.5) is 5.95 Å². The summed E-state index contributed by atoms with van der Waals surface area (Å²) in [5.74, 6) is 2.73. The minimum Gasteiger partial charge on any atom is -0.496 e. The van der Waals surface area contributed by atoms with E-state index >= 15 is 0 Å². The molecule has 0 aliphatic carbocycles. The molecule has 2 unspecified atom stereocenters. The van der Waals surface area contributed by atoms with Crippen LogP contribution in [0, 0.1) is 19.8 Å². The number of methoxy groups -OCH3 is 1. The first-order valence-electron chi connectivity index (χ1n) is 10.8. The van der Waals surface area contributed by atoms with Crippen LogP contribution in [0.1, 0.15) is 42.8 Å². The molecule has 3 aromatic rings. The molecule has 0 aromatic carbocycles. The first-order valence-corrected chi connectivity index (χ1v) is 11.8. The predicted octanol–water partition coefficient (Wildman–Crippen LogP) is 3.13. The van der Waals surface area contributed by atoms with Gasteiger partial charge < -0.3 is 15.8 Å². The molecule has 3 aromatic heterocycles. The summed E-state index contributed by atoms with van der Waals surface area (Å²) < 4.78 is 7.49. The van der Waals surface area contributed by atoms with Gasteiger partial charge in [-0.1, -0.05) is 20.3 Å². The number of hydrogen-bond acceptors (Lipinski definition) is 8. The van der Waals surface area contributed by atoms with Crippen LogP contribution in [-0.4, -0.2) is 50.2 Å². The average molecular weight is 442 g/mol. The molecule has 4 heterocycles. The number of rotatable bonds is 7. The fourth-order valence-electron chi connectivity index (χ4n) is 3.97. The number of nitrogens with two attached hydrogens (primary N) is 1. The second-order valence-corrected chi connectivity index (χ2v) is 9.38. The first-order chi connectivity index (χ1) is 14.9. The smallest absolute Gasteiger partial charge is 0.223 e. The van der Waals surface area contributed by atoms with Gasteiger partial charge in [-0.3, -0.25) is 4.98 Å². The lowest BCUT2D eigenvalue weighted by atomic mass is 10.1. The number of nitrogens with zero attached hydrogens (tertiary/aromatic N) is 5. The maximum absolute atomic E-state index is 6.07. The summed E-state index contributed by atoms with van der Waals surface area (Å²) in [6, 6.07) is 0.334. The fraction of sp³-hybridized carbons (Fsp3) is 0.545. The highest BCUT2D eigenvalue weighted by Crippen LogP contribution is 2.34. The molecule has 0 amide bonds. The van der Waals surface area contributed by atoms with Crippen molar-refractivity contribution in [2.24, 2.45) is 5.92 Å². The van der Waals surface area contributed by atoms with Crippen molar-refractivity contribution in [1.82, 2.24) is 30.0 Å². The Balaban J connectivity index is 1.70. The third-order valence-electron chi connectivity index (χ3n) is 6.01. The van der Waals surface area contributed by atoms with Crippen LogP contribution in [0.3, 0.4) is 0 Å². The van der Waals surface area contributed by atoms with Crippen molar-refractivity contribution in [2.45, 2.75) is 58.1 Å². The van der Waals surface area contributed by atoms with Gasteiger partial charge >= 0.3 is 0 Å². The van der Waals surface area contributed by atoms with Crippen LogP contribution >= 0.6 is 11.8 Å². The lowest BCUT2D eigenvalue weighted by Gasteiger charge is -2.18. The van der Waals surface area contributed by atoms with Crippen molar-refractivity contribution in [3.8, 4) is 5.75 Å². The zero-order chi connectivity index (χ0) is 22.1. The number of pyridine rings is 1. The number of ether oxygens (including phenoxy) is 1. The van der Waals surface area contributed by atoms with E-state index in [-0.39, 0.29) is 5.95 Å². The Labute approximate surface area is 187 Å². The lowest BCUT2D eigenvalue weighted by Crippen LogP contribution is -2.36.